The minimum atomic E-state index is -0.161. The average Bonchev–Trinajstić information content (AvgIpc) is 3.07. The van der Waals surface area contributed by atoms with Gasteiger partial charge in [-0.3, -0.25) is 9.89 Å². The van der Waals surface area contributed by atoms with E-state index in [1.54, 1.807) is 0 Å². The van der Waals surface area contributed by atoms with E-state index in [2.05, 4.69) is 29.4 Å². The van der Waals surface area contributed by atoms with E-state index in [1.165, 1.54) is 12.8 Å². The highest BCUT2D eigenvalue weighted by Crippen LogP contribution is 2.47. The number of aromatic amines is 1. The summed E-state index contributed by atoms with van der Waals surface area (Å²) < 4.78 is 0. The maximum absolute atomic E-state index is 12.0. The fourth-order valence-corrected chi connectivity index (χ4v) is 2.18. The summed E-state index contributed by atoms with van der Waals surface area (Å²) in [6, 6.07) is 0. The molecule has 1 amide bonds. The maximum Gasteiger partial charge on any atom is 0.273 e. The standard InChI is InChI=1S/C13H22N4O/c1-3-5-9-10(14)11(17-16-9)12(18)15-8-13(4-2)6-7-13/h3-8,14H2,1-2H3,(H,15,18)(H,16,17). The molecule has 0 radical (unpaired) electrons. The normalized spacial score (nSPS) is 16.6. The lowest BCUT2D eigenvalue weighted by molar-refractivity contribution is 0.0940. The van der Waals surface area contributed by atoms with Crippen LogP contribution in [-0.2, 0) is 6.42 Å². The number of anilines is 1. The van der Waals surface area contributed by atoms with Gasteiger partial charge in [-0.2, -0.15) is 5.10 Å². The second-order valence-electron chi connectivity index (χ2n) is 5.25. The van der Waals surface area contributed by atoms with E-state index in [9.17, 15) is 4.79 Å². The number of carbonyl (C=O) groups is 1. The Morgan fingerprint density at radius 3 is 2.78 bits per heavy atom. The average molecular weight is 250 g/mol. The van der Waals surface area contributed by atoms with Crippen LogP contribution in [0, 0.1) is 5.41 Å². The minimum Gasteiger partial charge on any atom is -0.395 e. The fraction of sp³-hybridized carbons (Fsp3) is 0.692. The van der Waals surface area contributed by atoms with Crippen LogP contribution in [0.5, 0.6) is 0 Å². The van der Waals surface area contributed by atoms with Crippen LogP contribution in [0.25, 0.3) is 0 Å². The summed E-state index contributed by atoms with van der Waals surface area (Å²) >= 11 is 0. The Balaban J connectivity index is 1.96. The number of hydrogen-bond donors (Lipinski definition) is 3. The molecule has 0 unspecified atom stereocenters. The number of carbonyl (C=O) groups excluding carboxylic acids is 1. The highest BCUT2D eigenvalue weighted by atomic mass is 16.1. The number of hydrogen-bond acceptors (Lipinski definition) is 3. The minimum absolute atomic E-state index is 0.161. The van der Waals surface area contributed by atoms with E-state index in [0.717, 1.165) is 31.5 Å². The zero-order chi connectivity index (χ0) is 13.2. The van der Waals surface area contributed by atoms with Gasteiger partial charge in [0.1, 0.15) is 0 Å². The van der Waals surface area contributed by atoms with Gasteiger partial charge in [-0.05, 0) is 31.1 Å². The van der Waals surface area contributed by atoms with E-state index in [1.807, 2.05) is 0 Å². The molecule has 0 bridgehead atoms. The first-order chi connectivity index (χ1) is 8.62. The summed E-state index contributed by atoms with van der Waals surface area (Å²) in [4.78, 5) is 12.0. The van der Waals surface area contributed by atoms with E-state index in [4.69, 9.17) is 5.73 Å². The van der Waals surface area contributed by atoms with Gasteiger partial charge in [0.2, 0.25) is 0 Å². The van der Waals surface area contributed by atoms with Crippen molar-refractivity contribution >= 4 is 11.6 Å². The summed E-state index contributed by atoms with van der Waals surface area (Å²) in [7, 11) is 0. The lowest BCUT2D eigenvalue weighted by atomic mass is 10.0. The van der Waals surface area contributed by atoms with Crippen LogP contribution < -0.4 is 11.1 Å². The van der Waals surface area contributed by atoms with Crippen molar-refractivity contribution < 1.29 is 4.79 Å². The molecular formula is C13H22N4O. The third-order valence-corrected chi connectivity index (χ3v) is 3.93. The molecule has 5 nitrogen and oxygen atoms in total. The molecule has 1 aliphatic rings. The van der Waals surface area contributed by atoms with Crippen molar-refractivity contribution in [3.05, 3.63) is 11.4 Å². The van der Waals surface area contributed by atoms with Crippen LogP contribution in [0.3, 0.4) is 0 Å². The van der Waals surface area contributed by atoms with Crippen molar-refractivity contribution in [3.8, 4) is 0 Å². The molecule has 1 aromatic rings. The first kappa shape index (κ1) is 12.9. The molecule has 4 N–H and O–H groups in total. The summed E-state index contributed by atoms with van der Waals surface area (Å²) in [5, 5.41) is 9.81. The Bertz CT molecular complexity index is 434. The Kier molecular flexibility index (Phi) is 3.59. The van der Waals surface area contributed by atoms with Crippen LogP contribution in [0.4, 0.5) is 5.69 Å². The molecule has 2 rings (SSSR count). The van der Waals surface area contributed by atoms with Crippen molar-refractivity contribution in [1.82, 2.24) is 15.5 Å². The number of rotatable bonds is 6. The number of amides is 1. The largest absolute Gasteiger partial charge is 0.395 e. The summed E-state index contributed by atoms with van der Waals surface area (Å²) in [5.74, 6) is -0.161. The van der Waals surface area contributed by atoms with Crippen LogP contribution in [-0.4, -0.2) is 22.6 Å². The molecule has 1 aliphatic carbocycles. The van der Waals surface area contributed by atoms with Crippen molar-refractivity contribution in [3.63, 3.8) is 0 Å². The second-order valence-corrected chi connectivity index (χ2v) is 5.25. The zero-order valence-electron chi connectivity index (χ0n) is 11.2. The van der Waals surface area contributed by atoms with Gasteiger partial charge in [-0.1, -0.05) is 20.3 Å². The van der Waals surface area contributed by atoms with Crippen LogP contribution in [0.1, 0.15) is 55.7 Å². The zero-order valence-corrected chi connectivity index (χ0v) is 11.2. The molecular weight excluding hydrogens is 228 g/mol. The second kappa shape index (κ2) is 5.00. The molecule has 1 heterocycles. The van der Waals surface area contributed by atoms with Crippen molar-refractivity contribution in [2.24, 2.45) is 5.41 Å². The van der Waals surface area contributed by atoms with E-state index < -0.39 is 0 Å². The fourth-order valence-electron chi connectivity index (χ4n) is 2.18. The predicted molar refractivity (Wildman–Crippen MR) is 71.3 cm³/mol. The summed E-state index contributed by atoms with van der Waals surface area (Å²) in [5.41, 5.74) is 7.96. The lowest BCUT2D eigenvalue weighted by Gasteiger charge is -2.12. The molecule has 0 spiro atoms. The third kappa shape index (κ3) is 2.49. The van der Waals surface area contributed by atoms with Crippen molar-refractivity contribution in [2.75, 3.05) is 12.3 Å². The topological polar surface area (TPSA) is 83.8 Å². The van der Waals surface area contributed by atoms with Gasteiger partial charge in [0, 0.05) is 6.54 Å². The van der Waals surface area contributed by atoms with Crippen molar-refractivity contribution in [2.45, 2.75) is 46.0 Å². The Hall–Kier alpha value is -1.52. The Morgan fingerprint density at radius 1 is 1.50 bits per heavy atom. The van der Waals surface area contributed by atoms with Crippen LogP contribution >= 0.6 is 0 Å². The maximum atomic E-state index is 12.0. The molecule has 0 aromatic carbocycles. The van der Waals surface area contributed by atoms with Gasteiger partial charge < -0.3 is 11.1 Å². The molecule has 0 atom stereocenters. The van der Waals surface area contributed by atoms with Gasteiger partial charge in [0.15, 0.2) is 5.69 Å². The number of aryl methyl sites for hydroxylation is 1. The number of H-pyrrole nitrogens is 1. The lowest BCUT2D eigenvalue weighted by Crippen LogP contribution is -2.30. The van der Waals surface area contributed by atoms with Gasteiger partial charge in [0.25, 0.3) is 5.91 Å². The highest BCUT2D eigenvalue weighted by Gasteiger charge is 2.40. The number of nitrogen functional groups attached to an aromatic ring is 1. The number of aromatic nitrogens is 2. The monoisotopic (exact) mass is 250 g/mol. The van der Waals surface area contributed by atoms with Crippen molar-refractivity contribution in [1.29, 1.82) is 0 Å². The van der Waals surface area contributed by atoms with Gasteiger partial charge >= 0.3 is 0 Å². The Labute approximate surface area is 108 Å². The predicted octanol–water partition coefficient (Wildman–Crippen LogP) is 1.86. The number of nitrogens with two attached hydrogens (primary N) is 1. The summed E-state index contributed by atoms with van der Waals surface area (Å²) in [6.07, 6.45) is 5.34. The van der Waals surface area contributed by atoms with Crippen LogP contribution in [0.2, 0.25) is 0 Å². The number of nitrogens with zero attached hydrogens (tertiary/aromatic N) is 1. The molecule has 1 fully saturated rings. The van der Waals surface area contributed by atoms with Gasteiger partial charge in [-0.15, -0.1) is 0 Å². The molecule has 1 aromatic heterocycles. The first-order valence-corrected chi connectivity index (χ1v) is 6.73. The number of nitrogens with one attached hydrogen (secondary N) is 2. The quantitative estimate of drug-likeness (QED) is 0.720. The van der Waals surface area contributed by atoms with E-state index in [-0.39, 0.29) is 5.91 Å². The molecule has 0 aliphatic heterocycles. The van der Waals surface area contributed by atoms with E-state index >= 15 is 0 Å². The molecule has 0 saturated heterocycles. The Morgan fingerprint density at radius 2 is 2.22 bits per heavy atom. The molecule has 1 saturated carbocycles. The van der Waals surface area contributed by atoms with E-state index in [0.29, 0.717) is 16.8 Å². The molecule has 18 heavy (non-hydrogen) atoms. The summed E-state index contributed by atoms with van der Waals surface area (Å²) in [6.45, 7) is 4.97. The SMILES string of the molecule is CCCc1[nH]nc(C(=O)NCC2(CC)CC2)c1N. The van der Waals surface area contributed by atoms with Crippen LogP contribution in [0.15, 0.2) is 0 Å². The smallest absolute Gasteiger partial charge is 0.273 e. The van der Waals surface area contributed by atoms with Gasteiger partial charge in [0.05, 0.1) is 11.4 Å². The molecule has 5 heteroatoms. The highest BCUT2D eigenvalue weighted by molar-refractivity contribution is 5.97. The first-order valence-electron chi connectivity index (χ1n) is 6.73. The van der Waals surface area contributed by atoms with Gasteiger partial charge in [-0.25, -0.2) is 0 Å². The molecule has 100 valence electrons. The third-order valence-electron chi connectivity index (χ3n) is 3.93.